The first-order valence-corrected chi connectivity index (χ1v) is 7.24. The molecule has 0 aliphatic heterocycles. The molecule has 0 saturated carbocycles. The lowest BCUT2D eigenvalue weighted by Gasteiger charge is -2.19. The van der Waals surface area contributed by atoms with E-state index in [4.69, 9.17) is 15.2 Å². The molecule has 112 valence electrons. The maximum absolute atomic E-state index is 6.14. The highest BCUT2D eigenvalue weighted by Crippen LogP contribution is 2.30. The summed E-state index contributed by atoms with van der Waals surface area (Å²) in [5, 5.41) is 0. The van der Waals surface area contributed by atoms with Crippen LogP contribution in [0.2, 0.25) is 0 Å². The molecular formula is C18H23NO2. The van der Waals surface area contributed by atoms with Crippen LogP contribution in [0.5, 0.6) is 11.5 Å². The Balaban J connectivity index is 2.24. The van der Waals surface area contributed by atoms with Gasteiger partial charge in [0.15, 0.2) is 0 Å². The molecule has 0 spiro atoms. The lowest BCUT2D eigenvalue weighted by molar-refractivity contribution is 0.223. The fraction of sp³-hybridized carbons (Fsp3) is 0.333. The Hall–Kier alpha value is -2.00. The van der Waals surface area contributed by atoms with Crippen LogP contribution in [0.1, 0.15) is 31.1 Å². The van der Waals surface area contributed by atoms with Gasteiger partial charge in [-0.3, -0.25) is 0 Å². The second-order valence-corrected chi connectivity index (χ2v) is 5.33. The first kappa shape index (κ1) is 15.4. The second kappa shape index (κ2) is 7.14. The average molecular weight is 285 g/mol. The molecule has 0 fully saturated rings. The number of hydrogen-bond donors (Lipinski definition) is 1. The Bertz CT molecular complexity index is 567. The van der Waals surface area contributed by atoms with Gasteiger partial charge in [0.25, 0.3) is 0 Å². The predicted molar refractivity (Wildman–Crippen MR) is 85.8 cm³/mol. The molecule has 2 atom stereocenters. The van der Waals surface area contributed by atoms with Crippen molar-refractivity contribution < 1.29 is 9.47 Å². The highest BCUT2D eigenvalue weighted by atomic mass is 16.5. The molecule has 2 aromatic carbocycles. The molecule has 3 nitrogen and oxygen atoms in total. The van der Waals surface area contributed by atoms with Gasteiger partial charge in [0.05, 0.1) is 7.11 Å². The van der Waals surface area contributed by atoms with Gasteiger partial charge >= 0.3 is 0 Å². The van der Waals surface area contributed by atoms with E-state index < -0.39 is 0 Å². The van der Waals surface area contributed by atoms with Gasteiger partial charge in [-0.1, -0.05) is 36.4 Å². The average Bonchev–Trinajstić information content (AvgIpc) is 2.49. The zero-order chi connectivity index (χ0) is 15.2. The minimum absolute atomic E-state index is 0.0230. The summed E-state index contributed by atoms with van der Waals surface area (Å²) in [6.45, 7) is 4.04. The van der Waals surface area contributed by atoms with Crippen LogP contribution in [-0.4, -0.2) is 13.2 Å². The molecule has 0 aliphatic rings. The van der Waals surface area contributed by atoms with Crippen molar-refractivity contribution in [1.29, 1.82) is 0 Å². The summed E-state index contributed by atoms with van der Waals surface area (Å²) < 4.78 is 11.4. The number of ether oxygens (including phenoxy) is 2. The van der Waals surface area contributed by atoms with E-state index in [-0.39, 0.29) is 12.1 Å². The van der Waals surface area contributed by atoms with Crippen molar-refractivity contribution in [2.24, 2.45) is 5.73 Å². The first-order valence-electron chi connectivity index (χ1n) is 7.24. The number of rotatable bonds is 6. The highest BCUT2D eigenvalue weighted by molar-refractivity contribution is 5.41. The molecule has 0 bridgehead atoms. The van der Waals surface area contributed by atoms with Crippen LogP contribution in [0.4, 0.5) is 0 Å². The third-order valence-electron chi connectivity index (χ3n) is 3.39. The largest absolute Gasteiger partial charge is 0.497 e. The van der Waals surface area contributed by atoms with Gasteiger partial charge in [0.1, 0.15) is 17.6 Å². The molecule has 21 heavy (non-hydrogen) atoms. The summed E-state index contributed by atoms with van der Waals surface area (Å²) in [6, 6.07) is 16.2. The number of benzene rings is 2. The van der Waals surface area contributed by atoms with Crippen LogP contribution < -0.4 is 15.2 Å². The van der Waals surface area contributed by atoms with E-state index in [0.717, 1.165) is 29.0 Å². The molecule has 3 heteroatoms. The van der Waals surface area contributed by atoms with Gasteiger partial charge < -0.3 is 15.2 Å². The van der Waals surface area contributed by atoms with Crippen LogP contribution in [0.3, 0.4) is 0 Å². The molecule has 0 aromatic heterocycles. The Morgan fingerprint density at radius 2 is 1.76 bits per heavy atom. The Kier molecular flexibility index (Phi) is 5.23. The van der Waals surface area contributed by atoms with Gasteiger partial charge in [-0.05, 0) is 37.5 Å². The van der Waals surface area contributed by atoms with Gasteiger partial charge in [-0.15, -0.1) is 0 Å². The highest BCUT2D eigenvalue weighted by Gasteiger charge is 2.12. The fourth-order valence-corrected chi connectivity index (χ4v) is 2.27. The molecule has 0 amide bonds. The van der Waals surface area contributed by atoms with Crippen molar-refractivity contribution in [2.45, 2.75) is 32.4 Å². The van der Waals surface area contributed by atoms with Gasteiger partial charge in [-0.2, -0.15) is 0 Å². The van der Waals surface area contributed by atoms with Crippen LogP contribution in [0, 0.1) is 0 Å². The van der Waals surface area contributed by atoms with E-state index in [1.165, 1.54) is 0 Å². The number of nitrogens with two attached hydrogens (primary N) is 1. The predicted octanol–water partition coefficient (Wildman–Crippen LogP) is 3.72. The molecule has 0 radical (unpaired) electrons. The van der Waals surface area contributed by atoms with Gasteiger partial charge in [0.2, 0.25) is 0 Å². The van der Waals surface area contributed by atoms with Crippen molar-refractivity contribution in [3.05, 3.63) is 59.7 Å². The van der Waals surface area contributed by atoms with Crippen LogP contribution in [0.25, 0.3) is 0 Å². The first-order chi connectivity index (χ1) is 10.1. The van der Waals surface area contributed by atoms with E-state index in [1.807, 2.05) is 50.2 Å². The van der Waals surface area contributed by atoms with Crippen molar-refractivity contribution in [3.63, 3.8) is 0 Å². The van der Waals surface area contributed by atoms with E-state index in [1.54, 1.807) is 7.11 Å². The van der Waals surface area contributed by atoms with E-state index in [2.05, 4.69) is 12.1 Å². The summed E-state index contributed by atoms with van der Waals surface area (Å²) in [4.78, 5) is 0. The third kappa shape index (κ3) is 4.23. The number of methoxy groups -OCH3 is 1. The van der Waals surface area contributed by atoms with Gasteiger partial charge in [-0.25, -0.2) is 0 Å². The van der Waals surface area contributed by atoms with Crippen LogP contribution >= 0.6 is 0 Å². The topological polar surface area (TPSA) is 44.5 Å². The molecule has 2 N–H and O–H groups in total. The van der Waals surface area contributed by atoms with Gasteiger partial charge in [0, 0.05) is 12.1 Å². The summed E-state index contributed by atoms with van der Waals surface area (Å²) in [5.74, 6) is 1.63. The van der Waals surface area contributed by atoms with Crippen molar-refractivity contribution in [3.8, 4) is 11.5 Å². The lowest BCUT2D eigenvalue weighted by Crippen LogP contribution is -2.18. The minimum atomic E-state index is -0.0230. The molecule has 0 heterocycles. The summed E-state index contributed by atoms with van der Waals surface area (Å²) in [5.41, 5.74) is 8.17. The molecule has 0 aliphatic carbocycles. The fourth-order valence-electron chi connectivity index (χ4n) is 2.27. The lowest BCUT2D eigenvalue weighted by atomic mass is 10.1. The van der Waals surface area contributed by atoms with Crippen molar-refractivity contribution in [1.82, 2.24) is 0 Å². The molecular weight excluding hydrogens is 262 g/mol. The van der Waals surface area contributed by atoms with E-state index >= 15 is 0 Å². The van der Waals surface area contributed by atoms with Crippen LogP contribution in [-0.2, 0) is 6.42 Å². The number of hydrogen-bond acceptors (Lipinski definition) is 3. The second-order valence-electron chi connectivity index (χ2n) is 5.33. The zero-order valence-electron chi connectivity index (χ0n) is 12.9. The molecule has 2 rings (SSSR count). The Labute approximate surface area is 126 Å². The monoisotopic (exact) mass is 285 g/mol. The van der Waals surface area contributed by atoms with E-state index in [9.17, 15) is 0 Å². The third-order valence-corrected chi connectivity index (χ3v) is 3.39. The summed E-state index contributed by atoms with van der Waals surface area (Å²) in [7, 11) is 1.66. The zero-order valence-corrected chi connectivity index (χ0v) is 12.9. The van der Waals surface area contributed by atoms with E-state index in [0.29, 0.717) is 0 Å². The van der Waals surface area contributed by atoms with Crippen molar-refractivity contribution >= 4 is 0 Å². The minimum Gasteiger partial charge on any atom is -0.497 e. The quantitative estimate of drug-likeness (QED) is 0.879. The maximum Gasteiger partial charge on any atom is 0.127 e. The standard InChI is InChI=1S/C18H23NO2/c1-13(19)11-16-9-10-17(20-3)12-18(16)21-14(2)15-7-5-4-6-8-15/h4-10,12-14H,11,19H2,1-3H3. The Morgan fingerprint density at radius 1 is 1.05 bits per heavy atom. The summed E-state index contributed by atoms with van der Waals surface area (Å²) >= 11 is 0. The smallest absolute Gasteiger partial charge is 0.127 e. The van der Waals surface area contributed by atoms with Crippen LogP contribution in [0.15, 0.2) is 48.5 Å². The molecule has 2 unspecified atom stereocenters. The molecule has 2 aromatic rings. The summed E-state index contributed by atoms with van der Waals surface area (Å²) in [6.07, 6.45) is 0.756. The molecule has 0 saturated heterocycles. The SMILES string of the molecule is COc1ccc(CC(C)N)c(OC(C)c2ccccc2)c1. The normalized spacial score (nSPS) is 13.5. The Morgan fingerprint density at radius 3 is 2.38 bits per heavy atom. The van der Waals surface area contributed by atoms with Crippen molar-refractivity contribution in [2.75, 3.05) is 7.11 Å². The maximum atomic E-state index is 6.14.